The molecule has 0 radical (unpaired) electrons. The maximum atomic E-state index is 12.5. The number of benzene rings is 2. The van der Waals surface area contributed by atoms with Crippen molar-refractivity contribution in [3.8, 4) is 0 Å². The van der Waals surface area contributed by atoms with E-state index >= 15 is 0 Å². The zero-order valence-electron chi connectivity index (χ0n) is 11.3. The number of amides is 1. The van der Waals surface area contributed by atoms with Gasteiger partial charge in [0.1, 0.15) is 0 Å². The Morgan fingerprint density at radius 3 is 2.50 bits per heavy atom. The van der Waals surface area contributed by atoms with E-state index in [1.807, 2.05) is 53.4 Å². The number of carbonyl (C=O) groups is 1. The minimum Gasteiger partial charge on any atom is -0.327 e. The van der Waals surface area contributed by atoms with Gasteiger partial charge in [-0.25, -0.2) is 0 Å². The SMILES string of the molecule is CCCN1C(=O)c2ccccc2C1c1ccc(Cl)cc1. The van der Waals surface area contributed by atoms with E-state index in [9.17, 15) is 4.79 Å². The van der Waals surface area contributed by atoms with Crippen LogP contribution in [0, 0.1) is 0 Å². The Morgan fingerprint density at radius 1 is 1.10 bits per heavy atom. The molecule has 0 bridgehead atoms. The number of rotatable bonds is 3. The second-order valence-corrected chi connectivity index (χ2v) is 5.48. The molecule has 0 saturated carbocycles. The maximum Gasteiger partial charge on any atom is 0.255 e. The Hall–Kier alpha value is -1.80. The molecule has 0 aromatic heterocycles. The molecule has 2 nitrogen and oxygen atoms in total. The van der Waals surface area contributed by atoms with E-state index in [1.54, 1.807) is 0 Å². The van der Waals surface area contributed by atoms with Crippen LogP contribution in [0.3, 0.4) is 0 Å². The third-order valence-corrected chi connectivity index (χ3v) is 3.96. The van der Waals surface area contributed by atoms with Crippen LogP contribution in [-0.4, -0.2) is 17.4 Å². The molecule has 0 saturated heterocycles. The molecule has 3 rings (SSSR count). The molecule has 0 N–H and O–H groups in total. The standard InChI is InChI=1S/C17H16ClNO/c1-2-11-19-16(12-7-9-13(18)10-8-12)14-5-3-4-6-15(14)17(19)20/h3-10,16H,2,11H2,1H3. The molecule has 1 unspecified atom stereocenters. The lowest BCUT2D eigenvalue weighted by Gasteiger charge is -2.25. The van der Waals surface area contributed by atoms with E-state index in [2.05, 4.69) is 6.92 Å². The largest absolute Gasteiger partial charge is 0.327 e. The number of nitrogens with zero attached hydrogens (tertiary/aromatic N) is 1. The zero-order chi connectivity index (χ0) is 14.1. The van der Waals surface area contributed by atoms with Crippen molar-refractivity contribution in [1.29, 1.82) is 0 Å². The van der Waals surface area contributed by atoms with Gasteiger partial charge < -0.3 is 4.90 Å². The van der Waals surface area contributed by atoms with Crippen molar-refractivity contribution in [2.75, 3.05) is 6.54 Å². The highest BCUT2D eigenvalue weighted by Crippen LogP contribution is 2.38. The van der Waals surface area contributed by atoms with Gasteiger partial charge >= 0.3 is 0 Å². The summed E-state index contributed by atoms with van der Waals surface area (Å²) in [6, 6.07) is 15.7. The lowest BCUT2D eigenvalue weighted by Crippen LogP contribution is -2.29. The predicted molar refractivity (Wildman–Crippen MR) is 81.1 cm³/mol. The molecule has 2 aromatic rings. The molecular weight excluding hydrogens is 270 g/mol. The highest BCUT2D eigenvalue weighted by molar-refractivity contribution is 6.30. The van der Waals surface area contributed by atoms with Gasteiger partial charge in [-0.3, -0.25) is 4.79 Å². The molecule has 0 aliphatic carbocycles. The summed E-state index contributed by atoms with van der Waals surface area (Å²) < 4.78 is 0. The highest BCUT2D eigenvalue weighted by Gasteiger charge is 2.36. The molecular formula is C17H16ClNO. The predicted octanol–water partition coefficient (Wildman–Crippen LogP) is 4.30. The van der Waals surface area contributed by atoms with Crippen LogP contribution in [0.15, 0.2) is 48.5 Å². The van der Waals surface area contributed by atoms with Gasteiger partial charge in [-0.05, 0) is 35.7 Å². The van der Waals surface area contributed by atoms with E-state index in [1.165, 1.54) is 0 Å². The second kappa shape index (κ2) is 5.29. The van der Waals surface area contributed by atoms with E-state index in [-0.39, 0.29) is 11.9 Å². The van der Waals surface area contributed by atoms with Gasteiger partial charge in [-0.15, -0.1) is 0 Å². The summed E-state index contributed by atoms with van der Waals surface area (Å²) in [5.74, 6) is 0.127. The summed E-state index contributed by atoms with van der Waals surface area (Å²) in [5.41, 5.74) is 3.02. The smallest absolute Gasteiger partial charge is 0.255 e. The fraction of sp³-hybridized carbons (Fsp3) is 0.235. The summed E-state index contributed by atoms with van der Waals surface area (Å²) >= 11 is 5.96. The third kappa shape index (κ3) is 2.10. The van der Waals surface area contributed by atoms with Gasteiger partial charge in [0.2, 0.25) is 0 Å². The highest BCUT2D eigenvalue weighted by atomic mass is 35.5. The van der Waals surface area contributed by atoms with E-state index in [0.29, 0.717) is 5.02 Å². The average Bonchev–Trinajstić information content (AvgIpc) is 2.74. The molecule has 1 aliphatic rings. The first-order valence-corrected chi connectivity index (χ1v) is 7.25. The first-order chi connectivity index (χ1) is 9.72. The molecule has 20 heavy (non-hydrogen) atoms. The Bertz CT molecular complexity index is 636. The van der Waals surface area contributed by atoms with Crippen LogP contribution >= 0.6 is 11.6 Å². The summed E-state index contributed by atoms with van der Waals surface area (Å²) in [7, 11) is 0. The average molecular weight is 286 g/mol. The maximum absolute atomic E-state index is 12.5. The fourth-order valence-electron chi connectivity index (χ4n) is 2.85. The van der Waals surface area contributed by atoms with Gasteiger partial charge in [0.05, 0.1) is 6.04 Å². The molecule has 1 heterocycles. The van der Waals surface area contributed by atoms with Crippen molar-refractivity contribution in [3.63, 3.8) is 0 Å². The van der Waals surface area contributed by atoms with Gasteiger partial charge in [0.25, 0.3) is 5.91 Å². The van der Waals surface area contributed by atoms with Crippen molar-refractivity contribution in [2.24, 2.45) is 0 Å². The lowest BCUT2D eigenvalue weighted by atomic mass is 9.98. The van der Waals surface area contributed by atoms with Crippen LogP contribution in [0.1, 0.15) is 40.9 Å². The first kappa shape index (κ1) is 13.2. The van der Waals surface area contributed by atoms with E-state index in [4.69, 9.17) is 11.6 Å². The van der Waals surface area contributed by atoms with Gasteiger partial charge in [0, 0.05) is 17.1 Å². The number of hydrogen-bond acceptors (Lipinski definition) is 1. The number of halogens is 1. The third-order valence-electron chi connectivity index (χ3n) is 3.71. The Kier molecular flexibility index (Phi) is 3.49. The van der Waals surface area contributed by atoms with Crippen molar-refractivity contribution < 1.29 is 4.79 Å². The molecule has 1 amide bonds. The summed E-state index contributed by atoms with van der Waals surface area (Å²) in [5, 5.41) is 0.716. The van der Waals surface area contributed by atoms with Crippen molar-refractivity contribution in [2.45, 2.75) is 19.4 Å². The summed E-state index contributed by atoms with van der Waals surface area (Å²) in [6.45, 7) is 2.86. The van der Waals surface area contributed by atoms with Crippen LogP contribution in [0.2, 0.25) is 5.02 Å². The minimum absolute atomic E-state index is 0.0101. The van der Waals surface area contributed by atoms with Crippen LogP contribution in [0.5, 0.6) is 0 Å². The Balaban J connectivity index is 2.10. The fourth-order valence-corrected chi connectivity index (χ4v) is 2.97. The summed E-state index contributed by atoms with van der Waals surface area (Å²) in [6.07, 6.45) is 0.948. The molecule has 2 aromatic carbocycles. The summed E-state index contributed by atoms with van der Waals surface area (Å²) in [4.78, 5) is 14.5. The van der Waals surface area contributed by atoms with E-state index < -0.39 is 0 Å². The van der Waals surface area contributed by atoms with Crippen LogP contribution in [0.4, 0.5) is 0 Å². The molecule has 1 aliphatic heterocycles. The molecule has 0 fully saturated rings. The number of carbonyl (C=O) groups excluding carboxylic acids is 1. The van der Waals surface area contributed by atoms with Gasteiger partial charge in [-0.2, -0.15) is 0 Å². The number of hydrogen-bond donors (Lipinski definition) is 0. The van der Waals surface area contributed by atoms with E-state index in [0.717, 1.165) is 29.7 Å². The van der Waals surface area contributed by atoms with Crippen molar-refractivity contribution in [1.82, 2.24) is 4.90 Å². The topological polar surface area (TPSA) is 20.3 Å². The zero-order valence-corrected chi connectivity index (χ0v) is 12.1. The Labute approximate surface area is 124 Å². The van der Waals surface area contributed by atoms with Crippen LogP contribution < -0.4 is 0 Å². The molecule has 0 spiro atoms. The molecule has 3 heteroatoms. The minimum atomic E-state index is 0.0101. The van der Waals surface area contributed by atoms with Gasteiger partial charge in [-0.1, -0.05) is 48.9 Å². The van der Waals surface area contributed by atoms with Gasteiger partial charge in [0.15, 0.2) is 0 Å². The first-order valence-electron chi connectivity index (χ1n) is 6.87. The quantitative estimate of drug-likeness (QED) is 0.823. The molecule has 1 atom stereocenters. The lowest BCUT2D eigenvalue weighted by molar-refractivity contribution is 0.0750. The van der Waals surface area contributed by atoms with Crippen molar-refractivity contribution >= 4 is 17.5 Å². The second-order valence-electron chi connectivity index (χ2n) is 5.04. The normalized spacial score (nSPS) is 17.4. The molecule has 102 valence electrons. The van der Waals surface area contributed by atoms with Crippen LogP contribution in [-0.2, 0) is 0 Å². The van der Waals surface area contributed by atoms with Crippen molar-refractivity contribution in [3.05, 3.63) is 70.2 Å². The number of fused-ring (bicyclic) bond motifs is 1. The monoisotopic (exact) mass is 285 g/mol. The van der Waals surface area contributed by atoms with Crippen LogP contribution in [0.25, 0.3) is 0 Å². The Morgan fingerprint density at radius 2 is 1.80 bits per heavy atom.